The number of hydrogen-bond donors (Lipinski definition) is 6. The van der Waals surface area contributed by atoms with Gasteiger partial charge in [-0.2, -0.15) is 0 Å². The fourth-order valence-electron chi connectivity index (χ4n) is 11.0. The number of ether oxygens (including phenoxy) is 3. The van der Waals surface area contributed by atoms with Gasteiger partial charge in [0.2, 0.25) is 5.91 Å². The van der Waals surface area contributed by atoms with Crippen LogP contribution in [0.4, 0.5) is 0 Å². The number of carbonyl (C=O) groups is 2. The third-order valence-corrected chi connectivity index (χ3v) is 16.6. The summed E-state index contributed by atoms with van der Waals surface area (Å²) in [5.41, 5.74) is 0. The maximum Gasteiger partial charge on any atom is 0.305 e. The fourth-order valence-corrected chi connectivity index (χ4v) is 11.0. The first-order valence-electron chi connectivity index (χ1n) is 35.7. The lowest BCUT2D eigenvalue weighted by Gasteiger charge is -2.40. The van der Waals surface area contributed by atoms with Crippen molar-refractivity contribution in [1.82, 2.24) is 5.32 Å². The van der Waals surface area contributed by atoms with Crippen LogP contribution in [0, 0.1) is 0 Å². The van der Waals surface area contributed by atoms with E-state index in [2.05, 4.69) is 66.9 Å². The van der Waals surface area contributed by atoms with E-state index in [1.165, 1.54) is 225 Å². The largest absolute Gasteiger partial charge is 0.466 e. The minimum absolute atomic E-state index is 0.00376. The zero-order valence-electron chi connectivity index (χ0n) is 54.8. The Labute approximate surface area is 521 Å². The molecule has 1 saturated heterocycles. The summed E-state index contributed by atoms with van der Waals surface area (Å²) >= 11 is 0. The zero-order chi connectivity index (χ0) is 61.6. The van der Waals surface area contributed by atoms with Gasteiger partial charge in [-0.25, -0.2) is 0 Å². The van der Waals surface area contributed by atoms with Crippen molar-refractivity contribution < 1.29 is 49.3 Å². The highest BCUT2D eigenvalue weighted by atomic mass is 16.7. The molecule has 494 valence electrons. The number of nitrogens with one attached hydrogen (secondary N) is 1. The first-order valence-corrected chi connectivity index (χ1v) is 35.7. The Kier molecular flexibility index (Phi) is 59.1. The molecule has 0 aromatic carbocycles. The average Bonchev–Trinajstić information content (AvgIpc) is 3.70. The minimum Gasteiger partial charge on any atom is -0.466 e. The van der Waals surface area contributed by atoms with Crippen molar-refractivity contribution in [3.63, 3.8) is 0 Å². The maximum atomic E-state index is 13.0. The molecule has 0 radical (unpaired) electrons. The molecule has 7 atom stereocenters. The van der Waals surface area contributed by atoms with Crippen molar-refractivity contribution in [1.29, 1.82) is 0 Å². The minimum atomic E-state index is -1.58. The van der Waals surface area contributed by atoms with Crippen LogP contribution in [0.2, 0.25) is 0 Å². The Balaban J connectivity index is 1.90. The standard InChI is InChI=1S/C74H133NO10/c1-3-5-7-9-11-13-14-15-16-36-39-42-46-50-54-58-62-70(79)83-63-59-55-51-47-43-40-37-34-32-30-28-26-24-22-20-18-17-19-21-23-25-27-29-31-33-35-38-41-45-49-53-57-61-69(78)75-66(67(77)60-56-52-48-44-12-10-8-6-4-2)65-84-74-73(82)72(81)71(80)68(64-76)85-74/h4,6,12-14,16,20,22,36,44,56,60,66-68,71-74,76-77,80-82H,3,5,7-11,15,17-19,21,23-35,37-43,45-55,57-59,61-65H2,1-2H3,(H,75,78)/b6-4+,14-13-,22-20-,36-16-,44-12+,60-56+. The lowest BCUT2D eigenvalue weighted by molar-refractivity contribution is -0.302. The highest BCUT2D eigenvalue weighted by Gasteiger charge is 2.44. The van der Waals surface area contributed by atoms with Crippen molar-refractivity contribution in [3.8, 4) is 0 Å². The SMILES string of the molecule is C/C=C/CC/C=C/CC/C=C/C(O)C(COC1OC(CO)C(O)C(O)C1O)NC(=O)CCCCCCCCCCCCCCCCCC/C=C\CCCCCCCCCCCCCCOC(=O)CCCCCCC/C=C\C/C=C\CCCCCC. The van der Waals surface area contributed by atoms with Gasteiger partial charge in [0.25, 0.3) is 0 Å². The third-order valence-electron chi connectivity index (χ3n) is 16.6. The Hall–Kier alpha value is -2.90. The van der Waals surface area contributed by atoms with E-state index in [9.17, 15) is 35.1 Å². The monoisotopic (exact) mass is 1200 g/mol. The lowest BCUT2D eigenvalue weighted by Crippen LogP contribution is -2.60. The topological polar surface area (TPSA) is 175 Å². The number of unbranched alkanes of at least 4 members (excludes halogenated alkanes) is 39. The number of amides is 1. The smallest absolute Gasteiger partial charge is 0.305 e. The molecule has 6 N–H and O–H groups in total. The molecule has 1 rings (SSSR count). The molecule has 0 aromatic rings. The molecule has 0 spiro atoms. The number of aliphatic hydroxyl groups is 5. The van der Waals surface area contributed by atoms with Crippen LogP contribution in [0.3, 0.4) is 0 Å². The van der Waals surface area contributed by atoms with E-state index in [4.69, 9.17) is 14.2 Å². The summed E-state index contributed by atoms with van der Waals surface area (Å²) in [6.45, 7) is 4.08. The Morgan fingerprint density at radius 2 is 0.847 bits per heavy atom. The fraction of sp³-hybridized carbons (Fsp3) is 0.811. The van der Waals surface area contributed by atoms with Crippen molar-refractivity contribution in [2.45, 2.75) is 365 Å². The highest BCUT2D eigenvalue weighted by Crippen LogP contribution is 2.23. The van der Waals surface area contributed by atoms with Crippen LogP contribution in [0.1, 0.15) is 322 Å². The van der Waals surface area contributed by atoms with Gasteiger partial charge in [0.1, 0.15) is 24.4 Å². The summed E-state index contributed by atoms with van der Waals surface area (Å²) < 4.78 is 16.7. The predicted molar refractivity (Wildman–Crippen MR) is 356 cm³/mol. The Morgan fingerprint density at radius 3 is 1.31 bits per heavy atom. The summed E-state index contributed by atoms with van der Waals surface area (Å²) in [6, 6.07) is -0.833. The van der Waals surface area contributed by atoms with Crippen LogP contribution >= 0.6 is 0 Å². The first kappa shape index (κ1) is 80.1. The molecule has 0 aliphatic carbocycles. The van der Waals surface area contributed by atoms with Crippen LogP contribution in [-0.4, -0.2) is 100 Å². The van der Waals surface area contributed by atoms with Gasteiger partial charge in [0, 0.05) is 12.8 Å². The van der Waals surface area contributed by atoms with Crippen molar-refractivity contribution >= 4 is 11.9 Å². The molecule has 1 aliphatic rings. The van der Waals surface area contributed by atoms with Gasteiger partial charge in [-0.05, 0) is 110 Å². The quantitative estimate of drug-likeness (QED) is 0.0195. The van der Waals surface area contributed by atoms with E-state index in [1.54, 1.807) is 6.08 Å². The molecule has 11 heteroatoms. The summed E-state index contributed by atoms with van der Waals surface area (Å²) in [5, 5.41) is 54.2. The normalized spacial score (nSPS) is 18.4. The van der Waals surface area contributed by atoms with Gasteiger partial charge < -0.3 is 45.1 Å². The molecule has 0 bridgehead atoms. The first-order chi connectivity index (χ1) is 41.7. The second kappa shape index (κ2) is 62.7. The maximum absolute atomic E-state index is 13.0. The number of hydrogen-bond acceptors (Lipinski definition) is 10. The third kappa shape index (κ3) is 51.7. The summed E-state index contributed by atoms with van der Waals surface area (Å²) in [5.74, 6) is -0.201. The molecule has 1 heterocycles. The van der Waals surface area contributed by atoms with E-state index >= 15 is 0 Å². The van der Waals surface area contributed by atoms with E-state index in [-0.39, 0.29) is 18.5 Å². The van der Waals surface area contributed by atoms with Crippen LogP contribution < -0.4 is 5.32 Å². The molecule has 11 nitrogen and oxygen atoms in total. The second-order valence-electron chi connectivity index (χ2n) is 24.6. The summed E-state index contributed by atoms with van der Waals surface area (Å²) in [6.07, 6.45) is 75.1. The molecule has 0 saturated carbocycles. The number of rotatable bonds is 62. The van der Waals surface area contributed by atoms with Crippen molar-refractivity contribution in [2.24, 2.45) is 0 Å². The molecule has 85 heavy (non-hydrogen) atoms. The van der Waals surface area contributed by atoms with Crippen LogP contribution in [0.15, 0.2) is 72.9 Å². The van der Waals surface area contributed by atoms with Gasteiger partial charge in [0.15, 0.2) is 6.29 Å². The Morgan fingerprint density at radius 1 is 0.459 bits per heavy atom. The van der Waals surface area contributed by atoms with E-state index in [1.807, 2.05) is 19.1 Å². The highest BCUT2D eigenvalue weighted by molar-refractivity contribution is 5.76. The summed E-state index contributed by atoms with van der Waals surface area (Å²) in [7, 11) is 0. The molecule has 0 aromatic heterocycles. The molecular weight excluding hydrogens is 1060 g/mol. The Bertz CT molecular complexity index is 1640. The van der Waals surface area contributed by atoms with E-state index in [0.29, 0.717) is 19.4 Å². The van der Waals surface area contributed by atoms with Crippen LogP contribution in [-0.2, 0) is 23.8 Å². The lowest BCUT2D eigenvalue weighted by atomic mass is 9.99. The number of carbonyl (C=O) groups excluding carboxylic acids is 2. The van der Waals surface area contributed by atoms with Gasteiger partial charge in [-0.1, -0.05) is 272 Å². The number of esters is 1. The van der Waals surface area contributed by atoms with Gasteiger partial charge in [-0.3, -0.25) is 9.59 Å². The van der Waals surface area contributed by atoms with Gasteiger partial charge in [-0.15, -0.1) is 0 Å². The van der Waals surface area contributed by atoms with Crippen LogP contribution in [0.5, 0.6) is 0 Å². The van der Waals surface area contributed by atoms with Gasteiger partial charge in [0.05, 0.1) is 32.0 Å². The summed E-state index contributed by atoms with van der Waals surface area (Å²) in [4.78, 5) is 25.1. The number of allylic oxidation sites excluding steroid dienone is 11. The zero-order valence-corrected chi connectivity index (χ0v) is 54.8. The van der Waals surface area contributed by atoms with Crippen molar-refractivity contribution in [3.05, 3.63) is 72.9 Å². The predicted octanol–water partition coefficient (Wildman–Crippen LogP) is 18.3. The average molecular weight is 1200 g/mol. The van der Waals surface area contributed by atoms with E-state index < -0.39 is 49.5 Å². The van der Waals surface area contributed by atoms with Crippen LogP contribution in [0.25, 0.3) is 0 Å². The molecule has 1 aliphatic heterocycles. The van der Waals surface area contributed by atoms with Crippen molar-refractivity contribution in [2.75, 3.05) is 19.8 Å². The second-order valence-corrected chi connectivity index (χ2v) is 24.6. The molecule has 7 unspecified atom stereocenters. The van der Waals surface area contributed by atoms with E-state index in [0.717, 1.165) is 70.6 Å². The molecule has 1 fully saturated rings. The molecule has 1 amide bonds. The van der Waals surface area contributed by atoms with Gasteiger partial charge >= 0.3 is 5.97 Å². The number of aliphatic hydroxyl groups excluding tert-OH is 5. The molecular formula is C74H133NO10.